The normalized spacial score (nSPS) is 11.0. The molecule has 4 aromatic rings. The Hall–Kier alpha value is -3.09. The van der Waals surface area contributed by atoms with Gasteiger partial charge in [-0.3, -0.25) is 4.98 Å². The van der Waals surface area contributed by atoms with E-state index in [1.165, 1.54) is 6.33 Å². The number of nitrogens with zero attached hydrogens (tertiary/aromatic N) is 6. The first-order valence-corrected chi connectivity index (χ1v) is 6.40. The number of rotatable bonds is 3. The topological polar surface area (TPSA) is 82.5 Å². The van der Waals surface area contributed by atoms with Crippen LogP contribution in [0, 0.1) is 0 Å². The van der Waals surface area contributed by atoms with Crippen molar-refractivity contribution in [3.8, 4) is 11.5 Å². The highest BCUT2D eigenvalue weighted by Gasteiger charge is 2.15. The van der Waals surface area contributed by atoms with Crippen molar-refractivity contribution in [1.29, 1.82) is 0 Å². The molecule has 4 aromatic heterocycles. The molecule has 7 heteroatoms. The maximum absolute atomic E-state index is 5.38. The summed E-state index contributed by atoms with van der Waals surface area (Å²) < 4.78 is 7.08. The monoisotopic (exact) mass is 278 g/mol. The molecule has 0 aliphatic carbocycles. The van der Waals surface area contributed by atoms with Crippen molar-refractivity contribution in [1.82, 2.24) is 29.9 Å². The SMILES string of the molecule is c1ccc(Cn2nnc3c(-c4ccco4)ncnc32)nc1. The molecule has 0 fully saturated rings. The minimum atomic E-state index is 0.506. The molecule has 0 saturated carbocycles. The van der Waals surface area contributed by atoms with E-state index in [0.29, 0.717) is 29.2 Å². The predicted octanol–water partition coefficient (Wildman–Crippen LogP) is 1.92. The van der Waals surface area contributed by atoms with Gasteiger partial charge >= 0.3 is 0 Å². The van der Waals surface area contributed by atoms with Crippen molar-refractivity contribution >= 4 is 11.2 Å². The van der Waals surface area contributed by atoms with E-state index < -0.39 is 0 Å². The Kier molecular flexibility index (Phi) is 2.67. The second-order valence-electron chi connectivity index (χ2n) is 4.44. The molecule has 0 radical (unpaired) electrons. The summed E-state index contributed by atoms with van der Waals surface area (Å²) in [5, 5.41) is 8.31. The molecule has 4 rings (SSSR count). The van der Waals surface area contributed by atoms with E-state index in [4.69, 9.17) is 4.42 Å². The molecular formula is C14H10N6O. The van der Waals surface area contributed by atoms with Gasteiger partial charge in [-0.2, -0.15) is 0 Å². The number of furan rings is 1. The standard InChI is InChI=1S/C14H10N6O/c1-2-6-15-10(4-1)8-20-14-13(18-19-20)12(16-9-17-14)11-5-3-7-21-11/h1-7,9H,8H2. The second kappa shape index (κ2) is 4.78. The van der Waals surface area contributed by atoms with Gasteiger partial charge in [0.2, 0.25) is 0 Å². The van der Waals surface area contributed by atoms with Crippen LogP contribution in [0.1, 0.15) is 5.69 Å². The van der Waals surface area contributed by atoms with Gasteiger partial charge in [0.25, 0.3) is 0 Å². The third kappa shape index (κ3) is 2.04. The fourth-order valence-electron chi connectivity index (χ4n) is 2.14. The molecule has 0 aliphatic heterocycles. The van der Waals surface area contributed by atoms with Crippen molar-refractivity contribution in [2.75, 3.05) is 0 Å². The van der Waals surface area contributed by atoms with Crippen LogP contribution in [0.15, 0.2) is 53.5 Å². The molecule has 0 bridgehead atoms. The van der Waals surface area contributed by atoms with Gasteiger partial charge in [0.15, 0.2) is 16.9 Å². The molecule has 0 amide bonds. The van der Waals surface area contributed by atoms with E-state index in [0.717, 1.165) is 5.69 Å². The maximum Gasteiger partial charge on any atom is 0.182 e. The van der Waals surface area contributed by atoms with Crippen molar-refractivity contribution < 1.29 is 4.42 Å². The van der Waals surface area contributed by atoms with Crippen molar-refractivity contribution in [3.63, 3.8) is 0 Å². The Morgan fingerprint density at radius 1 is 1.05 bits per heavy atom. The van der Waals surface area contributed by atoms with Crippen molar-refractivity contribution in [2.45, 2.75) is 6.54 Å². The first-order chi connectivity index (χ1) is 10.4. The molecule has 0 N–H and O–H groups in total. The molecule has 0 spiro atoms. The van der Waals surface area contributed by atoms with Crippen LogP contribution in [0.2, 0.25) is 0 Å². The van der Waals surface area contributed by atoms with E-state index in [9.17, 15) is 0 Å². The number of hydrogen-bond donors (Lipinski definition) is 0. The van der Waals surface area contributed by atoms with Gasteiger partial charge in [0.1, 0.15) is 12.0 Å². The van der Waals surface area contributed by atoms with Crippen LogP contribution in [0.4, 0.5) is 0 Å². The van der Waals surface area contributed by atoms with Gasteiger partial charge < -0.3 is 4.42 Å². The van der Waals surface area contributed by atoms with Gasteiger partial charge in [-0.05, 0) is 24.3 Å². The van der Waals surface area contributed by atoms with E-state index >= 15 is 0 Å². The van der Waals surface area contributed by atoms with Crippen LogP contribution in [0.25, 0.3) is 22.6 Å². The fourth-order valence-corrected chi connectivity index (χ4v) is 2.14. The molecule has 7 nitrogen and oxygen atoms in total. The van der Waals surface area contributed by atoms with Gasteiger partial charge in [-0.15, -0.1) is 5.10 Å². The average Bonchev–Trinajstić information content (AvgIpc) is 3.18. The Labute approximate surface area is 119 Å². The molecule has 0 aromatic carbocycles. The maximum atomic E-state index is 5.38. The number of aromatic nitrogens is 6. The highest BCUT2D eigenvalue weighted by molar-refractivity contribution is 5.84. The third-order valence-electron chi connectivity index (χ3n) is 3.09. The van der Waals surface area contributed by atoms with Crippen molar-refractivity contribution in [3.05, 3.63) is 54.8 Å². The average molecular weight is 278 g/mol. The molecule has 21 heavy (non-hydrogen) atoms. The zero-order chi connectivity index (χ0) is 14.1. The smallest absolute Gasteiger partial charge is 0.182 e. The summed E-state index contributed by atoms with van der Waals surface area (Å²) in [6.45, 7) is 0.506. The molecule has 0 unspecified atom stereocenters. The van der Waals surface area contributed by atoms with Crippen LogP contribution in [0.5, 0.6) is 0 Å². The third-order valence-corrected chi connectivity index (χ3v) is 3.09. The van der Waals surface area contributed by atoms with Crippen LogP contribution in [0.3, 0.4) is 0 Å². The van der Waals surface area contributed by atoms with E-state index in [2.05, 4.69) is 25.3 Å². The first-order valence-electron chi connectivity index (χ1n) is 6.40. The number of hydrogen-bond acceptors (Lipinski definition) is 6. The lowest BCUT2D eigenvalue weighted by atomic mass is 10.3. The number of pyridine rings is 1. The Morgan fingerprint density at radius 2 is 2.05 bits per heavy atom. The zero-order valence-electron chi connectivity index (χ0n) is 10.9. The Morgan fingerprint density at radius 3 is 2.86 bits per heavy atom. The van der Waals surface area contributed by atoms with Crippen LogP contribution in [-0.4, -0.2) is 29.9 Å². The molecule has 4 heterocycles. The molecule has 0 saturated heterocycles. The van der Waals surface area contributed by atoms with E-state index in [-0.39, 0.29) is 0 Å². The predicted molar refractivity (Wildman–Crippen MR) is 74.2 cm³/mol. The lowest BCUT2D eigenvalue weighted by molar-refractivity contribution is 0.580. The van der Waals surface area contributed by atoms with Gasteiger partial charge in [0, 0.05) is 6.20 Å². The van der Waals surface area contributed by atoms with Crippen LogP contribution >= 0.6 is 0 Å². The molecule has 0 aliphatic rings. The Bertz CT molecular complexity index is 869. The summed E-state index contributed by atoms with van der Waals surface area (Å²) in [5.74, 6) is 0.646. The molecule has 102 valence electrons. The second-order valence-corrected chi connectivity index (χ2v) is 4.44. The van der Waals surface area contributed by atoms with E-state index in [1.54, 1.807) is 17.1 Å². The van der Waals surface area contributed by atoms with Gasteiger partial charge in [-0.25, -0.2) is 14.6 Å². The molecular weight excluding hydrogens is 268 g/mol. The summed E-state index contributed by atoms with van der Waals surface area (Å²) in [5.41, 5.74) is 2.80. The number of fused-ring (bicyclic) bond motifs is 1. The van der Waals surface area contributed by atoms with Gasteiger partial charge in [-0.1, -0.05) is 11.3 Å². The van der Waals surface area contributed by atoms with Crippen LogP contribution < -0.4 is 0 Å². The van der Waals surface area contributed by atoms with Crippen molar-refractivity contribution in [2.24, 2.45) is 0 Å². The zero-order valence-corrected chi connectivity index (χ0v) is 10.9. The van der Waals surface area contributed by atoms with Gasteiger partial charge in [0.05, 0.1) is 18.5 Å². The Balaban J connectivity index is 1.81. The summed E-state index contributed by atoms with van der Waals surface area (Å²) in [6.07, 6.45) is 4.83. The summed E-state index contributed by atoms with van der Waals surface area (Å²) >= 11 is 0. The quantitative estimate of drug-likeness (QED) is 0.569. The lowest BCUT2D eigenvalue weighted by Gasteiger charge is -2.01. The lowest BCUT2D eigenvalue weighted by Crippen LogP contribution is -2.04. The summed E-state index contributed by atoms with van der Waals surface area (Å²) in [7, 11) is 0. The molecule has 0 atom stereocenters. The summed E-state index contributed by atoms with van der Waals surface area (Å²) in [4.78, 5) is 12.8. The highest BCUT2D eigenvalue weighted by Crippen LogP contribution is 2.23. The minimum absolute atomic E-state index is 0.506. The summed E-state index contributed by atoms with van der Waals surface area (Å²) in [6, 6.07) is 9.38. The fraction of sp³-hybridized carbons (Fsp3) is 0.0714. The largest absolute Gasteiger partial charge is 0.463 e. The van der Waals surface area contributed by atoms with E-state index in [1.807, 2.05) is 30.3 Å². The minimum Gasteiger partial charge on any atom is -0.463 e. The first kappa shape index (κ1) is 11.7. The van der Waals surface area contributed by atoms with Crippen LogP contribution in [-0.2, 0) is 6.54 Å². The highest BCUT2D eigenvalue weighted by atomic mass is 16.3.